The molecule has 0 saturated heterocycles. The van der Waals surface area contributed by atoms with E-state index in [9.17, 15) is 9.59 Å². The van der Waals surface area contributed by atoms with Gasteiger partial charge in [0.15, 0.2) is 0 Å². The van der Waals surface area contributed by atoms with Crippen LogP contribution in [0.1, 0.15) is 60.3 Å². The number of nitrogens with zero attached hydrogens (tertiary/aromatic N) is 3. The molecule has 2 aromatic heterocycles. The van der Waals surface area contributed by atoms with E-state index in [1.165, 1.54) is 0 Å². The summed E-state index contributed by atoms with van der Waals surface area (Å²) in [7, 11) is 0. The summed E-state index contributed by atoms with van der Waals surface area (Å²) in [6.45, 7) is 8.56. The Morgan fingerprint density at radius 2 is 1.86 bits per heavy atom. The zero-order chi connectivity index (χ0) is 20.0. The summed E-state index contributed by atoms with van der Waals surface area (Å²) in [4.78, 5) is 25.2. The molecule has 7 nitrogen and oxygen atoms in total. The van der Waals surface area contributed by atoms with Crippen molar-refractivity contribution in [2.75, 3.05) is 5.32 Å². The summed E-state index contributed by atoms with van der Waals surface area (Å²) in [5.41, 5.74) is 4.45. The zero-order valence-electron chi connectivity index (χ0n) is 16.6. The Kier molecular flexibility index (Phi) is 4.45. The highest BCUT2D eigenvalue weighted by Crippen LogP contribution is 2.38. The fourth-order valence-corrected chi connectivity index (χ4v) is 4.14. The van der Waals surface area contributed by atoms with Crippen molar-refractivity contribution in [3.63, 3.8) is 0 Å². The van der Waals surface area contributed by atoms with Gasteiger partial charge in [-0.1, -0.05) is 30.3 Å². The van der Waals surface area contributed by atoms with Gasteiger partial charge in [0.25, 0.3) is 5.56 Å². The molecule has 1 aliphatic rings. The van der Waals surface area contributed by atoms with Gasteiger partial charge in [0.1, 0.15) is 5.82 Å². The van der Waals surface area contributed by atoms with Crippen LogP contribution in [0.2, 0.25) is 0 Å². The number of hydrogen-bond acceptors (Lipinski definition) is 3. The molecule has 1 aromatic carbocycles. The van der Waals surface area contributed by atoms with Crippen molar-refractivity contribution in [3.05, 3.63) is 68.8 Å². The number of amides is 1. The number of H-pyrrole nitrogens is 1. The predicted molar refractivity (Wildman–Crippen MR) is 108 cm³/mol. The maximum atomic E-state index is 12.7. The first-order chi connectivity index (χ1) is 13.4. The molecule has 146 valence electrons. The van der Waals surface area contributed by atoms with E-state index in [1.807, 2.05) is 50.6 Å². The minimum Gasteiger partial charge on any atom is -0.311 e. The van der Waals surface area contributed by atoms with Crippen molar-refractivity contribution >= 4 is 11.7 Å². The van der Waals surface area contributed by atoms with Crippen LogP contribution in [-0.4, -0.2) is 25.5 Å². The Morgan fingerprint density at radius 3 is 2.54 bits per heavy atom. The Balaban J connectivity index is 1.81. The lowest BCUT2D eigenvalue weighted by molar-refractivity contribution is -0.116. The van der Waals surface area contributed by atoms with Crippen molar-refractivity contribution in [3.8, 4) is 0 Å². The van der Waals surface area contributed by atoms with Gasteiger partial charge in [-0.25, -0.2) is 0 Å². The molecule has 0 aliphatic carbocycles. The number of rotatable bonds is 4. The normalized spacial score (nSPS) is 16.3. The van der Waals surface area contributed by atoms with Crippen LogP contribution in [-0.2, 0) is 11.3 Å². The quantitative estimate of drug-likeness (QED) is 0.730. The highest BCUT2D eigenvalue weighted by atomic mass is 16.2. The first-order valence-electron chi connectivity index (χ1n) is 9.59. The van der Waals surface area contributed by atoms with Gasteiger partial charge >= 0.3 is 0 Å². The second kappa shape index (κ2) is 6.82. The van der Waals surface area contributed by atoms with Crippen LogP contribution < -0.4 is 10.9 Å². The number of fused-ring (bicyclic) bond motifs is 1. The Labute approximate surface area is 163 Å². The third-order valence-corrected chi connectivity index (χ3v) is 5.44. The minimum atomic E-state index is -0.294. The maximum absolute atomic E-state index is 12.7. The van der Waals surface area contributed by atoms with Gasteiger partial charge < -0.3 is 5.32 Å². The molecule has 0 saturated carbocycles. The highest BCUT2D eigenvalue weighted by molar-refractivity contribution is 5.94. The van der Waals surface area contributed by atoms with Crippen molar-refractivity contribution in [2.45, 2.75) is 52.6 Å². The van der Waals surface area contributed by atoms with E-state index in [0.29, 0.717) is 17.9 Å². The van der Waals surface area contributed by atoms with Gasteiger partial charge in [-0.3, -0.25) is 24.1 Å². The Morgan fingerprint density at radius 1 is 1.14 bits per heavy atom. The van der Waals surface area contributed by atoms with Crippen molar-refractivity contribution in [1.29, 1.82) is 0 Å². The molecule has 3 heterocycles. The molecule has 3 aromatic rings. The minimum absolute atomic E-state index is 0.0403. The molecule has 0 bridgehead atoms. The largest absolute Gasteiger partial charge is 0.311 e. The van der Waals surface area contributed by atoms with E-state index in [4.69, 9.17) is 5.10 Å². The second-order valence-electron chi connectivity index (χ2n) is 7.70. The molecule has 2 N–H and O–H groups in total. The topological polar surface area (TPSA) is 84.7 Å². The molecule has 4 rings (SSSR count). The molecule has 0 spiro atoms. The number of carbonyl (C=O) groups excluding carboxylic acids is 1. The SMILES string of the molecule is Cc1nn(Cc2ccccc2)c(C)c1C1CC(=O)Nc2c1c(=O)[nH]n2C(C)C. The lowest BCUT2D eigenvalue weighted by Crippen LogP contribution is -2.27. The number of aromatic nitrogens is 4. The summed E-state index contributed by atoms with van der Waals surface area (Å²) >= 11 is 0. The fraction of sp³-hybridized carbons (Fsp3) is 0.381. The van der Waals surface area contributed by atoms with Gasteiger partial charge in [0.2, 0.25) is 5.91 Å². The van der Waals surface area contributed by atoms with Crippen LogP contribution in [0.3, 0.4) is 0 Å². The molecular weight excluding hydrogens is 354 g/mol. The lowest BCUT2D eigenvalue weighted by Gasteiger charge is -2.24. The molecule has 28 heavy (non-hydrogen) atoms. The predicted octanol–water partition coefficient (Wildman–Crippen LogP) is 3.09. The van der Waals surface area contributed by atoms with Gasteiger partial charge in [-0.05, 0) is 33.3 Å². The van der Waals surface area contributed by atoms with Crippen molar-refractivity contribution < 1.29 is 4.79 Å². The maximum Gasteiger partial charge on any atom is 0.270 e. The number of nitrogens with one attached hydrogen (secondary N) is 2. The molecule has 1 amide bonds. The third kappa shape index (κ3) is 2.96. The van der Waals surface area contributed by atoms with Crippen LogP contribution in [0.15, 0.2) is 35.1 Å². The summed E-state index contributed by atoms with van der Waals surface area (Å²) in [5.74, 6) is 0.202. The molecular formula is C21H25N5O2. The monoisotopic (exact) mass is 379 g/mol. The number of hydrogen-bond donors (Lipinski definition) is 2. The van der Waals surface area contributed by atoms with Gasteiger partial charge in [0.05, 0.1) is 17.8 Å². The Hall–Kier alpha value is -3.09. The summed E-state index contributed by atoms with van der Waals surface area (Å²) in [6, 6.07) is 10.2. The number of aromatic amines is 1. The average Bonchev–Trinajstić information content (AvgIpc) is 3.12. The molecule has 1 atom stereocenters. The number of benzene rings is 1. The smallest absolute Gasteiger partial charge is 0.270 e. The molecule has 0 fully saturated rings. The highest BCUT2D eigenvalue weighted by Gasteiger charge is 2.35. The van der Waals surface area contributed by atoms with E-state index in [0.717, 1.165) is 22.5 Å². The lowest BCUT2D eigenvalue weighted by atomic mass is 9.86. The first-order valence-corrected chi connectivity index (χ1v) is 9.59. The average molecular weight is 379 g/mol. The number of aryl methyl sites for hydroxylation is 1. The molecule has 7 heteroatoms. The van der Waals surface area contributed by atoms with E-state index in [2.05, 4.69) is 22.5 Å². The van der Waals surface area contributed by atoms with Crippen molar-refractivity contribution in [2.24, 2.45) is 0 Å². The Bertz CT molecular complexity index is 1090. The second-order valence-corrected chi connectivity index (χ2v) is 7.70. The van der Waals surface area contributed by atoms with Crippen LogP contribution >= 0.6 is 0 Å². The molecule has 1 unspecified atom stereocenters. The summed E-state index contributed by atoms with van der Waals surface area (Å²) < 4.78 is 3.70. The van der Waals surface area contributed by atoms with Gasteiger partial charge in [-0.2, -0.15) is 5.10 Å². The van der Waals surface area contributed by atoms with E-state index >= 15 is 0 Å². The van der Waals surface area contributed by atoms with E-state index in [-0.39, 0.29) is 29.8 Å². The number of anilines is 1. The molecule has 0 radical (unpaired) electrons. The fourth-order valence-electron chi connectivity index (χ4n) is 4.14. The van der Waals surface area contributed by atoms with Crippen LogP contribution in [0, 0.1) is 13.8 Å². The zero-order valence-corrected chi connectivity index (χ0v) is 16.6. The van der Waals surface area contributed by atoms with Gasteiger partial charge in [-0.15, -0.1) is 0 Å². The van der Waals surface area contributed by atoms with E-state index < -0.39 is 0 Å². The third-order valence-electron chi connectivity index (χ3n) is 5.44. The summed E-state index contributed by atoms with van der Waals surface area (Å²) in [6.07, 6.45) is 0.247. The van der Waals surface area contributed by atoms with Crippen LogP contribution in [0.5, 0.6) is 0 Å². The van der Waals surface area contributed by atoms with Crippen LogP contribution in [0.4, 0.5) is 5.82 Å². The summed E-state index contributed by atoms with van der Waals surface area (Å²) in [5, 5.41) is 10.5. The van der Waals surface area contributed by atoms with Crippen molar-refractivity contribution in [1.82, 2.24) is 19.6 Å². The molecule has 1 aliphatic heterocycles. The number of carbonyl (C=O) groups is 1. The van der Waals surface area contributed by atoms with Crippen LogP contribution in [0.25, 0.3) is 0 Å². The van der Waals surface area contributed by atoms with E-state index in [1.54, 1.807) is 4.68 Å². The first kappa shape index (κ1) is 18.3. The van der Waals surface area contributed by atoms with Gasteiger partial charge in [0, 0.05) is 29.6 Å². The standard InChI is InChI=1S/C21H25N5O2/c1-12(2)26-20-19(21(28)24-26)16(10-17(27)22-20)18-13(3)23-25(14(18)4)11-15-8-6-5-7-9-15/h5-9,12,16H,10-11H2,1-4H3,(H,22,27)(H,24,28).